The van der Waals surface area contributed by atoms with Crippen LogP contribution in [0.15, 0.2) is 30.6 Å². The maximum Gasteiger partial charge on any atom is 0.205 e. The highest BCUT2D eigenvalue weighted by molar-refractivity contribution is 6.31. The van der Waals surface area contributed by atoms with Gasteiger partial charge in [0.15, 0.2) is 0 Å². The van der Waals surface area contributed by atoms with Crippen LogP contribution in [0.3, 0.4) is 0 Å². The Labute approximate surface area is 128 Å². The van der Waals surface area contributed by atoms with Crippen LogP contribution >= 0.6 is 11.6 Å². The molecule has 0 amide bonds. The zero-order valence-corrected chi connectivity index (χ0v) is 12.7. The molecule has 112 valence electrons. The molecule has 3 rings (SSSR count). The van der Waals surface area contributed by atoms with E-state index in [0.29, 0.717) is 17.1 Å². The molecule has 1 aliphatic rings. The van der Waals surface area contributed by atoms with Gasteiger partial charge >= 0.3 is 0 Å². The Kier molecular flexibility index (Phi) is 4.12. The normalized spacial score (nSPS) is 16.4. The smallest absolute Gasteiger partial charge is 0.205 e. The van der Waals surface area contributed by atoms with Gasteiger partial charge in [0.1, 0.15) is 5.82 Å². The fraction of sp³-hybridized carbons (Fsp3) is 0.400. The molecule has 0 spiro atoms. The first-order valence-electron chi connectivity index (χ1n) is 7.02. The third-order valence-corrected chi connectivity index (χ3v) is 4.25. The van der Waals surface area contributed by atoms with Gasteiger partial charge in [-0.3, -0.25) is 4.90 Å². The van der Waals surface area contributed by atoms with Gasteiger partial charge in [0.25, 0.3) is 0 Å². The van der Waals surface area contributed by atoms with E-state index in [-0.39, 0.29) is 5.82 Å². The van der Waals surface area contributed by atoms with Crippen molar-refractivity contribution < 1.29 is 4.39 Å². The summed E-state index contributed by atoms with van der Waals surface area (Å²) in [5, 5.41) is 0.501. The van der Waals surface area contributed by atoms with Gasteiger partial charge < -0.3 is 9.47 Å². The lowest BCUT2D eigenvalue weighted by atomic mass is 10.2. The van der Waals surface area contributed by atoms with Gasteiger partial charge in [-0.2, -0.15) is 0 Å². The summed E-state index contributed by atoms with van der Waals surface area (Å²) in [7, 11) is 1.99. The minimum Gasteiger partial charge on any atom is -0.340 e. The SMILES string of the molecule is Cn1ccnc1N1CCN(Cc2c(F)cccc2Cl)CC1. The summed E-state index contributed by atoms with van der Waals surface area (Å²) < 4.78 is 15.8. The molecule has 0 N–H and O–H groups in total. The summed E-state index contributed by atoms with van der Waals surface area (Å²) in [5.74, 6) is 0.757. The molecule has 1 aromatic heterocycles. The topological polar surface area (TPSA) is 24.3 Å². The first-order valence-corrected chi connectivity index (χ1v) is 7.40. The van der Waals surface area contributed by atoms with Crippen molar-refractivity contribution in [2.24, 2.45) is 7.05 Å². The van der Waals surface area contributed by atoms with E-state index in [4.69, 9.17) is 11.6 Å². The van der Waals surface area contributed by atoms with Crippen molar-refractivity contribution in [1.82, 2.24) is 14.5 Å². The predicted molar refractivity (Wildman–Crippen MR) is 82.1 cm³/mol. The van der Waals surface area contributed by atoms with E-state index in [1.165, 1.54) is 6.07 Å². The quantitative estimate of drug-likeness (QED) is 0.871. The van der Waals surface area contributed by atoms with E-state index in [9.17, 15) is 4.39 Å². The molecule has 0 radical (unpaired) electrons. The second kappa shape index (κ2) is 6.03. The molecule has 1 aliphatic heterocycles. The van der Waals surface area contributed by atoms with Crippen LogP contribution in [-0.4, -0.2) is 40.6 Å². The number of aromatic nitrogens is 2. The van der Waals surface area contributed by atoms with Crippen molar-refractivity contribution in [2.75, 3.05) is 31.1 Å². The Balaban J connectivity index is 1.63. The number of hydrogen-bond donors (Lipinski definition) is 0. The summed E-state index contributed by atoms with van der Waals surface area (Å²) in [6.07, 6.45) is 3.75. The van der Waals surface area contributed by atoms with Gasteiger partial charge in [-0.05, 0) is 12.1 Å². The first kappa shape index (κ1) is 14.4. The summed E-state index contributed by atoms with van der Waals surface area (Å²) >= 11 is 6.09. The summed E-state index contributed by atoms with van der Waals surface area (Å²) in [5.41, 5.74) is 0.588. The van der Waals surface area contributed by atoms with Crippen molar-refractivity contribution in [3.05, 3.63) is 47.0 Å². The van der Waals surface area contributed by atoms with Crippen LogP contribution in [0, 0.1) is 5.82 Å². The average Bonchev–Trinajstić information content (AvgIpc) is 2.90. The molecule has 1 aromatic carbocycles. The average molecular weight is 309 g/mol. The number of imidazole rings is 1. The molecule has 0 aliphatic carbocycles. The molecule has 6 heteroatoms. The number of benzene rings is 1. The molecule has 4 nitrogen and oxygen atoms in total. The van der Waals surface area contributed by atoms with Gasteiger partial charge in [-0.1, -0.05) is 17.7 Å². The lowest BCUT2D eigenvalue weighted by Gasteiger charge is -2.35. The van der Waals surface area contributed by atoms with Gasteiger partial charge in [-0.25, -0.2) is 9.37 Å². The Morgan fingerprint density at radius 1 is 1.24 bits per heavy atom. The lowest BCUT2D eigenvalue weighted by molar-refractivity contribution is 0.245. The van der Waals surface area contributed by atoms with Crippen LogP contribution in [0.1, 0.15) is 5.56 Å². The van der Waals surface area contributed by atoms with E-state index in [2.05, 4.69) is 14.8 Å². The minimum atomic E-state index is -0.228. The van der Waals surface area contributed by atoms with E-state index in [1.807, 2.05) is 17.8 Å². The number of piperazine rings is 1. The van der Waals surface area contributed by atoms with Crippen LogP contribution in [0.4, 0.5) is 10.3 Å². The standard InChI is InChI=1S/C15H18ClFN4/c1-19-6-5-18-15(19)21-9-7-20(8-10-21)11-12-13(16)3-2-4-14(12)17/h2-6H,7-11H2,1H3. The Hall–Kier alpha value is -1.59. The maximum absolute atomic E-state index is 13.8. The van der Waals surface area contributed by atoms with Gasteiger partial charge in [0, 0.05) is 62.8 Å². The third-order valence-electron chi connectivity index (χ3n) is 3.89. The van der Waals surface area contributed by atoms with Crippen LogP contribution in [-0.2, 0) is 13.6 Å². The van der Waals surface area contributed by atoms with Crippen LogP contribution < -0.4 is 4.90 Å². The number of anilines is 1. The Morgan fingerprint density at radius 2 is 2.00 bits per heavy atom. The molecular formula is C15H18ClFN4. The van der Waals surface area contributed by atoms with Crippen molar-refractivity contribution >= 4 is 17.5 Å². The predicted octanol–water partition coefficient (Wildman–Crippen LogP) is 2.53. The van der Waals surface area contributed by atoms with E-state index in [1.54, 1.807) is 18.3 Å². The molecule has 21 heavy (non-hydrogen) atoms. The second-order valence-corrected chi connectivity index (χ2v) is 5.71. The van der Waals surface area contributed by atoms with Gasteiger partial charge in [-0.15, -0.1) is 0 Å². The molecule has 0 bridgehead atoms. The summed E-state index contributed by atoms with van der Waals surface area (Å²) in [6, 6.07) is 4.84. The molecule has 0 saturated carbocycles. The number of nitrogens with zero attached hydrogens (tertiary/aromatic N) is 4. The number of aryl methyl sites for hydroxylation is 1. The van der Waals surface area contributed by atoms with E-state index in [0.717, 1.165) is 32.1 Å². The van der Waals surface area contributed by atoms with Gasteiger partial charge in [0.05, 0.1) is 0 Å². The lowest BCUT2D eigenvalue weighted by Crippen LogP contribution is -2.46. The highest BCUT2D eigenvalue weighted by Gasteiger charge is 2.21. The largest absolute Gasteiger partial charge is 0.340 e. The van der Waals surface area contributed by atoms with Crippen LogP contribution in [0.2, 0.25) is 5.02 Å². The van der Waals surface area contributed by atoms with Gasteiger partial charge in [0.2, 0.25) is 5.95 Å². The fourth-order valence-corrected chi connectivity index (χ4v) is 2.90. The molecule has 2 aromatic rings. The molecule has 2 heterocycles. The number of hydrogen-bond acceptors (Lipinski definition) is 3. The Morgan fingerprint density at radius 3 is 2.62 bits per heavy atom. The summed E-state index contributed by atoms with van der Waals surface area (Å²) in [6.45, 7) is 4.07. The molecule has 0 atom stereocenters. The molecule has 1 saturated heterocycles. The highest BCUT2D eigenvalue weighted by Crippen LogP contribution is 2.22. The monoisotopic (exact) mass is 308 g/mol. The summed E-state index contributed by atoms with van der Waals surface area (Å²) in [4.78, 5) is 8.84. The Bertz CT molecular complexity index is 600. The third kappa shape index (κ3) is 3.04. The highest BCUT2D eigenvalue weighted by atomic mass is 35.5. The zero-order chi connectivity index (χ0) is 14.8. The van der Waals surface area contributed by atoms with Crippen molar-refractivity contribution in [3.8, 4) is 0 Å². The molecular weight excluding hydrogens is 291 g/mol. The molecule has 1 fully saturated rings. The number of halogens is 2. The fourth-order valence-electron chi connectivity index (χ4n) is 2.68. The van der Waals surface area contributed by atoms with Crippen molar-refractivity contribution in [1.29, 1.82) is 0 Å². The van der Waals surface area contributed by atoms with Crippen LogP contribution in [0.25, 0.3) is 0 Å². The number of rotatable bonds is 3. The second-order valence-electron chi connectivity index (χ2n) is 5.30. The van der Waals surface area contributed by atoms with E-state index < -0.39 is 0 Å². The first-order chi connectivity index (χ1) is 10.1. The minimum absolute atomic E-state index is 0.228. The van der Waals surface area contributed by atoms with Crippen LogP contribution in [0.5, 0.6) is 0 Å². The van der Waals surface area contributed by atoms with Crippen molar-refractivity contribution in [2.45, 2.75) is 6.54 Å². The van der Waals surface area contributed by atoms with Crippen molar-refractivity contribution in [3.63, 3.8) is 0 Å². The maximum atomic E-state index is 13.8. The molecule has 0 unspecified atom stereocenters. The zero-order valence-electron chi connectivity index (χ0n) is 12.0. The van der Waals surface area contributed by atoms with E-state index >= 15 is 0 Å².